The van der Waals surface area contributed by atoms with E-state index in [0.717, 1.165) is 37.0 Å². The zero-order valence-corrected chi connectivity index (χ0v) is 26.5. The van der Waals surface area contributed by atoms with Gasteiger partial charge in [0.05, 0.1) is 12.2 Å². The number of pyridine rings is 1. The van der Waals surface area contributed by atoms with Gasteiger partial charge in [0.1, 0.15) is 13.2 Å². The van der Waals surface area contributed by atoms with Crippen LogP contribution in [0, 0.1) is 5.41 Å². The van der Waals surface area contributed by atoms with Crippen molar-refractivity contribution in [2.45, 2.75) is 142 Å². The highest BCUT2D eigenvalue weighted by Crippen LogP contribution is 2.41. The lowest BCUT2D eigenvalue weighted by atomic mass is 9.70. The molecule has 0 radical (unpaired) electrons. The molecule has 1 heterocycles. The summed E-state index contributed by atoms with van der Waals surface area (Å²) in [6.07, 6.45) is 24.2. The van der Waals surface area contributed by atoms with Crippen molar-refractivity contribution in [3.05, 3.63) is 30.1 Å². The third-order valence-electron chi connectivity index (χ3n) is 8.37. The van der Waals surface area contributed by atoms with Crippen LogP contribution in [0.15, 0.2) is 24.4 Å². The van der Waals surface area contributed by atoms with E-state index in [4.69, 9.17) is 9.47 Å². The molecule has 8 nitrogen and oxygen atoms in total. The molecule has 3 amide bonds. The zero-order chi connectivity index (χ0) is 30.3. The van der Waals surface area contributed by atoms with Crippen molar-refractivity contribution in [2.75, 3.05) is 19.8 Å². The van der Waals surface area contributed by atoms with Crippen LogP contribution in [0.2, 0.25) is 0 Å². The van der Waals surface area contributed by atoms with Gasteiger partial charge in [-0.1, -0.05) is 116 Å². The second-order valence-corrected chi connectivity index (χ2v) is 12.1. The number of alkyl carbamates (subject to hydrolysis) is 1. The Morgan fingerprint density at radius 3 is 1.83 bits per heavy atom. The Morgan fingerprint density at radius 2 is 1.36 bits per heavy atom. The first-order valence-corrected chi connectivity index (χ1v) is 16.7. The number of carbonyl (C=O) groups excluding carboxylic acids is 3. The van der Waals surface area contributed by atoms with Crippen LogP contribution >= 0.6 is 0 Å². The van der Waals surface area contributed by atoms with Gasteiger partial charge in [-0.2, -0.15) is 0 Å². The van der Waals surface area contributed by atoms with Crippen LogP contribution in [0.5, 0.6) is 0 Å². The van der Waals surface area contributed by atoms with Gasteiger partial charge in [-0.3, -0.25) is 9.78 Å². The van der Waals surface area contributed by atoms with Crippen molar-refractivity contribution in [2.24, 2.45) is 5.41 Å². The Morgan fingerprint density at radius 1 is 0.810 bits per heavy atom. The number of amides is 3. The monoisotopic (exact) mass is 587 g/mol. The van der Waals surface area contributed by atoms with Gasteiger partial charge in [0, 0.05) is 25.1 Å². The molecule has 1 fully saturated rings. The lowest BCUT2D eigenvalue weighted by Gasteiger charge is -2.40. The normalized spacial score (nSPS) is 13.7. The van der Waals surface area contributed by atoms with Crippen molar-refractivity contribution in [3.63, 3.8) is 0 Å². The van der Waals surface area contributed by atoms with Crippen molar-refractivity contribution >= 4 is 18.1 Å². The second kappa shape index (κ2) is 22.0. The van der Waals surface area contributed by atoms with Crippen LogP contribution in [-0.2, 0) is 20.8 Å². The SMILES string of the molecule is CCCCCCCCCCCCCCCCCCNC(=O)OCC1(COC(=O)N(Cc2ccccn2)C(C)=O)CCC1. The fraction of sp³-hybridized carbons (Fsp3) is 0.765. The molecule has 0 unspecified atom stereocenters. The number of aromatic nitrogens is 1. The van der Waals surface area contributed by atoms with Gasteiger partial charge in [0.2, 0.25) is 5.91 Å². The first kappa shape index (κ1) is 35.6. The third-order valence-corrected chi connectivity index (χ3v) is 8.37. The molecule has 0 atom stereocenters. The van der Waals surface area contributed by atoms with Gasteiger partial charge < -0.3 is 14.8 Å². The molecule has 0 spiro atoms. The largest absolute Gasteiger partial charge is 0.449 e. The summed E-state index contributed by atoms with van der Waals surface area (Å²) in [5.41, 5.74) is 0.224. The van der Waals surface area contributed by atoms with Gasteiger partial charge in [0.15, 0.2) is 0 Å². The lowest BCUT2D eigenvalue weighted by molar-refractivity contribution is -0.128. The molecule has 8 heteroatoms. The quantitative estimate of drug-likeness (QED) is 0.129. The molecular formula is C34H57N3O5. The van der Waals surface area contributed by atoms with E-state index in [2.05, 4.69) is 17.2 Å². The molecule has 1 N–H and O–H groups in total. The molecule has 0 bridgehead atoms. The smallest absolute Gasteiger partial charge is 0.416 e. The van der Waals surface area contributed by atoms with E-state index in [1.54, 1.807) is 24.4 Å². The average Bonchev–Trinajstić information content (AvgIpc) is 2.97. The molecule has 1 aliphatic rings. The zero-order valence-electron chi connectivity index (χ0n) is 26.5. The Kier molecular flexibility index (Phi) is 18.6. The average molecular weight is 588 g/mol. The van der Waals surface area contributed by atoms with E-state index in [1.807, 2.05) is 0 Å². The minimum absolute atomic E-state index is 0.0558. The summed E-state index contributed by atoms with van der Waals surface area (Å²) >= 11 is 0. The van der Waals surface area contributed by atoms with E-state index in [0.29, 0.717) is 12.2 Å². The number of hydrogen-bond donors (Lipinski definition) is 1. The molecule has 2 rings (SSSR count). The van der Waals surface area contributed by atoms with Crippen LogP contribution in [0.25, 0.3) is 0 Å². The topological polar surface area (TPSA) is 97.8 Å². The first-order chi connectivity index (χ1) is 20.5. The van der Waals surface area contributed by atoms with Crippen LogP contribution in [0.1, 0.15) is 142 Å². The van der Waals surface area contributed by atoms with Gasteiger partial charge in [-0.05, 0) is 31.4 Å². The predicted molar refractivity (Wildman–Crippen MR) is 167 cm³/mol. The summed E-state index contributed by atoms with van der Waals surface area (Å²) < 4.78 is 11.0. The number of rotatable bonds is 23. The predicted octanol–water partition coefficient (Wildman–Crippen LogP) is 8.72. The minimum atomic E-state index is -0.702. The van der Waals surface area contributed by atoms with E-state index >= 15 is 0 Å². The van der Waals surface area contributed by atoms with Crippen LogP contribution in [0.4, 0.5) is 9.59 Å². The number of ether oxygens (including phenoxy) is 2. The molecule has 1 aromatic heterocycles. The number of imide groups is 1. The Bertz CT molecular complexity index is 875. The van der Waals surface area contributed by atoms with Crippen LogP contribution in [-0.4, -0.2) is 47.7 Å². The number of nitrogens with one attached hydrogen (secondary N) is 1. The third kappa shape index (κ3) is 15.5. The van der Waals surface area contributed by atoms with E-state index < -0.39 is 18.1 Å². The molecule has 0 aliphatic heterocycles. The molecule has 1 saturated carbocycles. The molecule has 0 saturated heterocycles. The molecule has 42 heavy (non-hydrogen) atoms. The minimum Gasteiger partial charge on any atom is -0.449 e. The summed E-state index contributed by atoms with van der Waals surface area (Å²) in [4.78, 5) is 42.1. The maximum atomic E-state index is 12.6. The molecule has 0 aromatic carbocycles. The molecule has 1 aliphatic carbocycles. The van der Waals surface area contributed by atoms with Crippen molar-refractivity contribution in [3.8, 4) is 0 Å². The van der Waals surface area contributed by atoms with Crippen LogP contribution < -0.4 is 5.32 Å². The maximum absolute atomic E-state index is 12.6. The number of nitrogens with zero attached hydrogens (tertiary/aromatic N) is 2. The maximum Gasteiger partial charge on any atom is 0.416 e. The fourth-order valence-electron chi connectivity index (χ4n) is 5.39. The fourth-order valence-corrected chi connectivity index (χ4v) is 5.39. The standard InChI is InChI=1S/C34H57N3O5/c1-3-4-5-6-7-8-9-10-11-12-13-14-15-16-17-19-26-36-32(39)41-28-34(23-21-24-34)29-42-33(40)37(30(2)38)27-31-22-18-20-25-35-31/h18,20,22,25H,3-17,19,21,23-24,26-29H2,1-2H3,(H,36,39). The summed E-state index contributed by atoms with van der Waals surface area (Å²) in [6, 6.07) is 5.33. The van der Waals surface area contributed by atoms with E-state index in [1.165, 1.54) is 96.8 Å². The van der Waals surface area contributed by atoms with E-state index in [-0.39, 0.29) is 25.2 Å². The van der Waals surface area contributed by atoms with E-state index in [9.17, 15) is 14.4 Å². The van der Waals surface area contributed by atoms with Crippen LogP contribution in [0.3, 0.4) is 0 Å². The van der Waals surface area contributed by atoms with Gasteiger partial charge >= 0.3 is 12.2 Å². The Hall–Kier alpha value is -2.64. The molecule has 1 aromatic rings. The summed E-state index contributed by atoms with van der Waals surface area (Å²) in [5, 5.41) is 2.85. The number of carbonyl (C=O) groups is 3. The summed E-state index contributed by atoms with van der Waals surface area (Å²) in [5.74, 6) is -0.405. The van der Waals surface area contributed by atoms with Crippen molar-refractivity contribution in [1.82, 2.24) is 15.2 Å². The van der Waals surface area contributed by atoms with Crippen molar-refractivity contribution < 1.29 is 23.9 Å². The Balaban J connectivity index is 1.46. The highest BCUT2D eigenvalue weighted by molar-refractivity contribution is 5.90. The lowest BCUT2D eigenvalue weighted by Crippen LogP contribution is -2.44. The summed E-state index contributed by atoms with van der Waals surface area (Å²) in [6.45, 7) is 4.58. The summed E-state index contributed by atoms with van der Waals surface area (Å²) in [7, 11) is 0. The molecule has 238 valence electrons. The number of unbranched alkanes of at least 4 members (excludes halogenated alkanes) is 15. The molecular weight excluding hydrogens is 530 g/mol. The second-order valence-electron chi connectivity index (χ2n) is 12.1. The van der Waals surface area contributed by atoms with Gasteiger partial charge in [-0.15, -0.1) is 0 Å². The highest BCUT2D eigenvalue weighted by Gasteiger charge is 2.40. The number of hydrogen-bond acceptors (Lipinski definition) is 6. The first-order valence-electron chi connectivity index (χ1n) is 16.7. The Labute approximate surface area is 254 Å². The highest BCUT2D eigenvalue weighted by atomic mass is 16.6. The van der Waals surface area contributed by atoms with Crippen molar-refractivity contribution in [1.29, 1.82) is 0 Å². The van der Waals surface area contributed by atoms with Gasteiger partial charge in [-0.25, -0.2) is 14.5 Å². The van der Waals surface area contributed by atoms with Gasteiger partial charge in [0.25, 0.3) is 0 Å².